The maximum atomic E-state index is 14.6. The van der Waals surface area contributed by atoms with Crippen molar-refractivity contribution in [3.8, 4) is 0 Å². The number of Topliss-reactive ketones (excluding diaryl/α,β-unsaturated/α-hetero) is 2. The number of imide groups is 1. The van der Waals surface area contributed by atoms with E-state index in [9.17, 15) is 68.1 Å². The number of aliphatic hydroxyl groups is 3. The normalized spacial score (nSPS) is 34.9. The Kier molecular flexibility index (Phi) is 32.5. The van der Waals surface area contributed by atoms with Crippen LogP contribution in [0, 0.1) is 35.5 Å². The molecule has 7 saturated heterocycles. The number of nitrogens with one attached hydrogen (secondary N) is 6. The summed E-state index contributed by atoms with van der Waals surface area (Å²) in [5.74, 6) is -7.97. The summed E-state index contributed by atoms with van der Waals surface area (Å²) < 4.78 is 30.1. The van der Waals surface area contributed by atoms with Crippen molar-refractivity contribution in [2.24, 2.45) is 35.5 Å². The summed E-state index contributed by atoms with van der Waals surface area (Å²) >= 11 is 3.71. The lowest BCUT2D eigenvalue weighted by atomic mass is 9.78. The molecule has 8 aliphatic heterocycles. The maximum Gasteiger partial charge on any atom is 0.407 e. The van der Waals surface area contributed by atoms with Crippen molar-refractivity contribution in [1.82, 2.24) is 41.9 Å². The Balaban J connectivity index is 0.000000499. The number of piperidine rings is 1. The number of urea groups is 2. The Morgan fingerprint density at radius 3 is 1.96 bits per heavy atom. The van der Waals surface area contributed by atoms with Gasteiger partial charge in [0.25, 0.3) is 23.5 Å². The molecule has 9 aliphatic rings. The van der Waals surface area contributed by atoms with Crippen molar-refractivity contribution < 1.29 is 96.6 Å². The molecule has 30 heteroatoms. The van der Waals surface area contributed by atoms with E-state index in [1.807, 2.05) is 63.4 Å². The molecule has 8 heterocycles. The Hall–Kier alpha value is -5.89. The average molecular weight is 1500 g/mol. The predicted molar refractivity (Wildman–Crippen MR) is 387 cm³/mol. The van der Waals surface area contributed by atoms with Gasteiger partial charge in [0.15, 0.2) is 0 Å². The van der Waals surface area contributed by atoms with Gasteiger partial charge in [0.1, 0.15) is 24.0 Å². The molecule has 8 fully saturated rings. The average Bonchev–Trinajstić information content (AvgIpc) is 1.17. The molecule has 584 valence electrons. The van der Waals surface area contributed by atoms with E-state index in [1.54, 1.807) is 13.8 Å². The van der Waals surface area contributed by atoms with Crippen LogP contribution in [-0.2, 0) is 66.9 Å². The van der Waals surface area contributed by atoms with E-state index >= 15 is 0 Å². The molecule has 28 nitrogen and oxygen atoms in total. The number of ketones is 2. The molecule has 9 rings (SSSR count). The number of ether oxygens (including phenoxy) is 5. The molecule has 1 saturated carbocycles. The zero-order valence-electron chi connectivity index (χ0n) is 62.0. The number of cyclic esters (lactones) is 1. The number of allylic oxidation sites excluding steroid dienone is 3. The molecule has 9 amide bonds. The zero-order valence-corrected chi connectivity index (χ0v) is 63.7. The van der Waals surface area contributed by atoms with Gasteiger partial charge in [0.05, 0.1) is 55.2 Å². The predicted octanol–water partition coefficient (Wildman–Crippen LogP) is 6.52. The second-order valence-electron chi connectivity index (χ2n) is 30.3. The largest absolute Gasteiger partial charge is 0.456 e. The van der Waals surface area contributed by atoms with Crippen LogP contribution < -0.4 is 31.9 Å². The number of fused-ring (bicyclic) bond motifs is 5. The lowest BCUT2D eigenvalue weighted by molar-refractivity contribution is -0.302. The van der Waals surface area contributed by atoms with Gasteiger partial charge in [0, 0.05) is 106 Å². The van der Waals surface area contributed by atoms with E-state index < -0.39 is 108 Å². The molecule has 0 aromatic heterocycles. The molecular formula is C74H116N8O20S2. The van der Waals surface area contributed by atoms with Gasteiger partial charge in [-0.25, -0.2) is 24.0 Å². The third-order valence-electron chi connectivity index (χ3n) is 22.2. The third-order valence-corrected chi connectivity index (χ3v) is 25.2. The fourth-order valence-corrected chi connectivity index (χ4v) is 19.2. The van der Waals surface area contributed by atoms with Crippen LogP contribution in [0.2, 0.25) is 0 Å². The smallest absolute Gasteiger partial charge is 0.407 e. The highest BCUT2D eigenvalue weighted by Crippen LogP contribution is 2.41. The number of carbonyl (C=O) groups is 11. The molecule has 2 bridgehead atoms. The van der Waals surface area contributed by atoms with E-state index in [2.05, 4.69) is 31.9 Å². The summed E-state index contributed by atoms with van der Waals surface area (Å²) in [5.41, 5.74) is 1.50. The number of esters is 1. The fourth-order valence-electron chi connectivity index (χ4n) is 16.1. The van der Waals surface area contributed by atoms with E-state index in [1.165, 1.54) is 19.1 Å². The molecule has 0 aromatic rings. The number of rotatable bonds is 25. The zero-order chi connectivity index (χ0) is 75.4. The fraction of sp³-hybridized carbons (Fsp3) is 0.797. The number of thioether (sulfide) groups is 2. The monoisotopic (exact) mass is 1500 g/mol. The van der Waals surface area contributed by atoms with Crippen LogP contribution in [0.3, 0.4) is 0 Å². The third kappa shape index (κ3) is 23.3. The number of hydrogen-bond acceptors (Lipinski definition) is 22. The van der Waals surface area contributed by atoms with Gasteiger partial charge >= 0.3 is 30.1 Å². The van der Waals surface area contributed by atoms with Crippen LogP contribution in [-0.4, -0.2) is 226 Å². The van der Waals surface area contributed by atoms with Gasteiger partial charge in [-0.2, -0.15) is 23.5 Å². The molecule has 104 heavy (non-hydrogen) atoms. The summed E-state index contributed by atoms with van der Waals surface area (Å²) in [4.78, 5) is 147. The Labute approximate surface area is 620 Å². The first kappa shape index (κ1) is 83.7. The highest BCUT2D eigenvalue weighted by atomic mass is 32.2. The first-order valence-corrected chi connectivity index (χ1v) is 40.1. The van der Waals surface area contributed by atoms with Crippen LogP contribution in [0.1, 0.15) is 202 Å². The number of hydroxylamine groups is 2. The van der Waals surface area contributed by atoms with E-state index in [4.69, 9.17) is 28.5 Å². The van der Waals surface area contributed by atoms with Crippen molar-refractivity contribution in [3.63, 3.8) is 0 Å². The maximum absolute atomic E-state index is 14.6. The Morgan fingerprint density at radius 1 is 0.721 bits per heavy atom. The number of methoxy groups -OCH3 is 2. The van der Waals surface area contributed by atoms with Crippen LogP contribution in [0.5, 0.6) is 0 Å². The molecule has 0 spiro atoms. The van der Waals surface area contributed by atoms with Gasteiger partial charge in [-0.15, -0.1) is 5.06 Å². The van der Waals surface area contributed by atoms with Crippen LogP contribution in [0.4, 0.5) is 14.4 Å². The molecule has 0 aromatic carbocycles. The van der Waals surface area contributed by atoms with Gasteiger partial charge in [0.2, 0.25) is 11.7 Å². The Bertz CT molecular complexity index is 3040. The summed E-state index contributed by atoms with van der Waals surface area (Å²) in [5, 5.41) is 53.7. The first-order valence-electron chi connectivity index (χ1n) is 38.0. The molecule has 20 atom stereocenters. The van der Waals surface area contributed by atoms with Gasteiger partial charge in [-0.1, -0.05) is 71.1 Å². The van der Waals surface area contributed by atoms with E-state index in [0.717, 1.165) is 68.4 Å². The van der Waals surface area contributed by atoms with Gasteiger partial charge in [-0.05, 0) is 140 Å². The number of aliphatic hydroxyl groups excluding tert-OH is 2. The highest BCUT2D eigenvalue weighted by Gasteiger charge is 2.57. The standard InChI is InChI=1S/C60H97N5O15S.C14H19N3O5S/c1-35-27-36(2)29-48(76-7)54-49(77-8)32-39(5)60(75,80-54)55(70)56(71)65-25-16-13-17-44(65)57(72)79-53(38(4)31-41-20-21-45(66)37(3)30-41)40(6)46(67)33-47(68)42(28-35)22-26-78-59(74)62-24-15-10-9-14-23-61-51(69)19-12-11-18-50-52-43(34-81-50)63-58(73)64-52;18-10-5-6-11(19)17(10)22-12(20)4-2-1-3-9-13-8(7-23-9)15-14(21)16-13/h28,31,36-37,39-46,48-50,52-54,66-67,75H,9-27,29-30,32-34H2,1-8H3,(H,61,69)(H,62,74)(H2,63,64,73);8-9,13H,1-7H2,(H2,15,16,21)/b35-28+,38-31+;/t36-,37+,39+,40+,41+,42+,43-,44-,45+,46-,48-,49-,50-,52-,53+,54+,60+;8-,9-,13-/m00/s1. The minimum Gasteiger partial charge on any atom is -0.456 e. The lowest BCUT2D eigenvalue weighted by Gasteiger charge is -2.47. The van der Waals surface area contributed by atoms with Crippen LogP contribution in [0.25, 0.3) is 0 Å². The Morgan fingerprint density at radius 2 is 1.34 bits per heavy atom. The van der Waals surface area contributed by atoms with E-state index in [-0.39, 0.29) is 124 Å². The summed E-state index contributed by atoms with van der Waals surface area (Å²) in [7, 11) is 3.02. The highest BCUT2D eigenvalue weighted by molar-refractivity contribution is 8.00. The lowest BCUT2D eigenvalue weighted by Crippen LogP contribution is -2.64. The molecule has 0 radical (unpaired) electrons. The number of alkyl carbamates (subject to hydrolysis) is 1. The van der Waals surface area contributed by atoms with Gasteiger partial charge < -0.3 is 80.6 Å². The van der Waals surface area contributed by atoms with Crippen molar-refractivity contribution in [3.05, 3.63) is 23.3 Å². The summed E-state index contributed by atoms with van der Waals surface area (Å²) in [6.07, 6.45) is 11.5. The van der Waals surface area contributed by atoms with Crippen molar-refractivity contribution in [2.75, 3.05) is 52.0 Å². The van der Waals surface area contributed by atoms with Crippen molar-refractivity contribution >= 4 is 88.8 Å². The van der Waals surface area contributed by atoms with Gasteiger partial charge in [-0.3, -0.25) is 28.8 Å². The van der Waals surface area contributed by atoms with Crippen LogP contribution >= 0.6 is 23.5 Å². The number of unbranched alkanes of at least 4 members (excludes halogenated alkanes) is 5. The number of carbonyl (C=O) groups excluding carboxylic acids is 11. The van der Waals surface area contributed by atoms with E-state index in [0.29, 0.717) is 98.4 Å². The topological polar surface area (TPSA) is 382 Å². The number of hydrogen-bond donors (Lipinski definition) is 9. The number of nitrogens with zero attached hydrogens (tertiary/aromatic N) is 2. The second-order valence-corrected chi connectivity index (χ2v) is 32.9. The van der Waals surface area contributed by atoms with Crippen molar-refractivity contribution in [1.29, 1.82) is 0 Å². The van der Waals surface area contributed by atoms with Crippen LogP contribution in [0.15, 0.2) is 23.3 Å². The van der Waals surface area contributed by atoms with Crippen molar-refractivity contribution in [2.45, 2.75) is 285 Å². The molecule has 1 aliphatic carbocycles. The second kappa shape index (κ2) is 40.3. The molecule has 0 unspecified atom stereocenters. The minimum atomic E-state index is -2.56. The number of amides is 9. The minimum absolute atomic E-state index is 0.0374. The molecule has 9 N–H and O–H groups in total. The summed E-state index contributed by atoms with van der Waals surface area (Å²) in [6, 6.07) is -0.635. The molecular weight excluding hydrogens is 1380 g/mol. The summed E-state index contributed by atoms with van der Waals surface area (Å²) in [6.45, 7) is 12.0. The quantitative estimate of drug-likeness (QED) is 0.0117. The SMILES string of the molecule is CO[C@H]1C[C@@H](C)C/C(C)=C/[C@@H](CCOC(=O)NCCCCCCNC(=O)CCCC[C@@H]2SC[C@@H]3NC(=O)N[C@@H]32)C(=O)C[C@H](O)[C@@H](C)[C@@H](/C(C)=C/[C@@H]2CC[C@@H](O)[C@H](C)C2)OC(=O)[C@@H]2CCCCN2C(=O)C(=O)[C@]2(O)O[C@H]1[C@@H](OC)C[C@H]2C.O=C1N[C@H]2[C@H](CS[C@H]2CCCCC(=O)ON2C(=O)CCC2=O)N1. The first-order chi connectivity index (χ1) is 49.7.